The van der Waals surface area contributed by atoms with E-state index in [2.05, 4.69) is 6.58 Å². The van der Waals surface area contributed by atoms with Crippen LogP contribution in [0.25, 0.3) is 0 Å². The van der Waals surface area contributed by atoms with Crippen LogP contribution in [0.5, 0.6) is 0 Å². The number of carbonyl (C=O) groups is 2. The minimum absolute atomic E-state index is 0.122. The lowest BCUT2D eigenvalue weighted by molar-refractivity contribution is -0.138. The molecule has 2 rings (SSSR count). The Morgan fingerprint density at radius 1 is 1.45 bits per heavy atom. The minimum Gasteiger partial charge on any atom is -0.481 e. The summed E-state index contributed by atoms with van der Waals surface area (Å²) >= 11 is 0. The molecule has 1 aromatic rings. The number of rotatable bonds is 4. The fourth-order valence-corrected chi connectivity index (χ4v) is 2.47. The van der Waals surface area contributed by atoms with Crippen molar-refractivity contribution in [3.8, 4) is 0 Å². The Hall–Kier alpha value is -2.30. The topological polar surface area (TPSA) is 66.8 Å². The first-order chi connectivity index (χ1) is 9.63. The Morgan fingerprint density at radius 2 is 2.20 bits per heavy atom. The summed E-state index contributed by atoms with van der Waals surface area (Å²) in [5.74, 6) is -0.937. The van der Waals surface area contributed by atoms with Crippen molar-refractivity contribution in [1.82, 2.24) is 4.90 Å². The Kier molecular flexibility index (Phi) is 4.40. The van der Waals surface area contributed by atoms with Crippen molar-refractivity contribution in [3.63, 3.8) is 0 Å². The van der Waals surface area contributed by atoms with Crippen LogP contribution in [0.4, 0.5) is 4.79 Å². The predicted octanol–water partition coefficient (Wildman–Crippen LogP) is 2.38. The average molecular weight is 275 g/mol. The van der Waals surface area contributed by atoms with Crippen LogP contribution in [0.1, 0.15) is 23.6 Å². The second kappa shape index (κ2) is 6.23. The number of hydrogen-bond donors (Lipinski definition) is 1. The molecule has 0 radical (unpaired) electrons. The van der Waals surface area contributed by atoms with Gasteiger partial charge in [-0.1, -0.05) is 36.9 Å². The van der Waals surface area contributed by atoms with E-state index in [1.165, 1.54) is 11.0 Å². The third-order valence-electron chi connectivity index (χ3n) is 3.34. The van der Waals surface area contributed by atoms with Crippen LogP contribution < -0.4 is 0 Å². The SMILES string of the molecule is C=CCOC(=O)N1CCc2ccccc2[C@@H]1CC(=O)O. The van der Waals surface area contributed by atoms with Crippen molar-refractivity contribution in [1.29, 1.82) is 0 Å². The van der Waals surface area contributed by atoms with E-state index >= 15 is 0 Å². The molecular formula is C15H17NO4. The molecule has 1 atom stereocenters. The summed E-state index contributed by atoms with van der Waals surface area (Å²) in [6, 6.07) is 7.14. The molecule has 1 aromatic carbocycles. The number of carboxylic acids is 1. The maximum absolute atomic E-state index is 12.0. The first kappa shape index (κ1) is 14.1. The molecule has 0 saturated carbocycles. The normalized spacial score (nSPS) is 17.2. The number of aliphatic carboxylic acids is 1. The molecule has 20 heavy (non-hydrogen) atoms. The van der Waals surface area contributed by atoms with Crippen LogP contribution in [-0.4, -0.2) is 35.2 Å². The van der Waals surface area contributed by atoms with Crippen LogP contribution >= 0.6 is 0 Å². The third kappa shape index (κ3) is 2.99. The lowest BCUT2D eigenvalue weighted by Gasteiger charge is -2.35. The molecule has 0 spiro atoms. The first-order valence-corrected chi connectivity index (χ1v) is 6.47. The maximum Gasteiger partial charge on any atom is 0.410 e. The Bertz CT molecular complexity index is 526. The lowest BCUT2D eigenvalue weighted by atomic mass is 9.91. The van der Waals surface area contributed by atoms with Crippen LogP contribution in [0.2, 0.25) is 0 Å². The van der Waals surface area contributed by atoms with Gasteiger partial charge in [-0.3, -0.25) is 4.79 Å². The number of hydrogen-bond acceptors (Lipinski definition) is 3. The summed E-state index contributed by atoms with van der Waals surface area (Å²) in [7, 11) is 0. The number of ether oxygens (including phenoxy) is 1. The van der Waals surface area contributed by atoms with Crippen molar-refractivity contribution >= 4 is 12.1 Å². The number of nitrogens with zero attached hydrogens (tertiary/aromatic N) is 1. The molecule has 5 heteroatoms. The first-order valence-electron chi connectivity index (χ1n) is 6.47. The fraction of sp³-hybridized carbons (Fsp3) is 0.333. The van der Waals surface area contributed by atoms with E-state index in [0.29, 0.717) is 13.0 Å². The second-order valence-electron chi connectivity index (χ2n) is 4.62. The smallest absolute Gasteiger partial charge is 0.410 e. The van der Waals surface area contributed by atoms with Gasteiger partial charge in [0.15, 0.2) is 0 Å². The van der Waals surface area contributed by atoms with Crippen LogP contribution in [0.15, 0.2) is 36.9 Å². The summed E-state index contributed by atoms with van der Waals surface area (Å²) in [5, 5.41) is 9.07. The minimum atomic E-state index is -0.937. The van der Waals surface area contributed by atoms with Crippen LogP contribution in [0, 0.1) is 0 Å². The van der Waals surface area contributed by atoms with E-state index in [4.69, 9.17) is 9.84 Å². The predicted molar refractivity (Wildman–Crippen MR) is 73.4 cm³/mol. The standard InChI is InChI=1S/C15H17NO4/c1-2-9-20-15(19)16-8-7-11-5-3-4-6-12(11)13(16)10-14(17)18/h2-6,13H,1,7-10H2,(H,17,18)/t13-/m0/s1. The van der Waals surface area contributed by atoms with Crippen LogP contribution in [0.3, 0.4) is 0 Å². The van der Waals surface area contributed by atoms with Gasteiger partial charge in [0.1, 0.15) is 6.61 Å². The zero-order chi connectivity index (χ0) is 14.5. The summed E-state index contributed by atoms with van der Waals surface area (Å²) < 4.78 is 5.03. The van der Waals surface area contributed by atoms with Gasteiger partial charge in [-0.2, -0.15) is 0 Å². The van der Waals surface area contributed by atoms with E-state index in [0.717, 1.165) is 11.1 Å². The number of benzene rings is 1. The molecule has 0 fully saturated rings. The number of fused-ring (bicyclic) bond motifs is 1. The quantitative estimate of drug-likeness (QED) is 0.857. The van der Waals surface area contributed by atoms with Crippen LogP contribution in [-0.2, 0) is 16.0 Å². The molecule has 5 nitrogen and oxygen atoms in total. The van der Waals surface area contributed by atoms with E-state index in [9.17, 15) is 9.59 Å². The second-order valence-corrected chi connectivity index (χ2v) is 4.62. The molecule has 106 valence electrons. The molecular weight excluding hydrogens is 258 g/mol. The van der Waals surface area contributed by atoms with E-state index < -0.39 is 18.1 Å². The Balaban J connectivity index is 2.26. The van der Waals surface area contributed by atoms with Crippen molar-refractivity contribution in [2.75, 3.05) is 13.2 Å². The average Bonchev–Trinajstić information content (AvgIpc) is 2.44. The van der Waals surface area contributed by atoms with Crippen molar-refractivity contribution in [2.45, 2.75) is 18.9 Å². The molecule has 1 N–H and O–H groups in total. The molecule has 1 heterocycles. The number of amides is 1. The summed E-state index contributed by atoms with van der Waals surface area (Å²) in [6.07, 6.45) is 1.57. The maximum atomic E-state index is 12.0. The molecule has 0 aliphatic carbocycles. The van der Waals surface area contributed by atoms with Crippen molar-refractivity contribution < 1.29 is 19.4 Å². The highest BCUT2D eigenvalue weighted by Gasteiger charge is 2.32. The van der Waals surface area contributed by atoms with Gasteiger partial charge >= 0.3 is 12.1 Å². The molecule has 1 amide bonds. The highest BCUT2D eigenvalue weighted by Crippen LogP contribution is 2.32. The summed E-state index contributed by atoms with van der Waals surface area (Å²) in [6.45, 7) is 4.08. The highest BCUT2D eigenvalue weighted by atomic mass is 16.6. The number of carbonyl (C=O) groups excluding carboxylic acids is 1. The van der Waals surface area contributed by atoms with Gasteiger partial charge in [0, 0.05) is 6.54 Å². The molecule has 0 aromatic heterocycles. The van der Waals surface area contributed by atoms with Gasteiger partial charge in [0.05, 0.1) is 12.5 Å². The van der Waals surface area contributed by atoms with Gasteiger partial charge in [0.2, 0.25) is 0 Å². The van der Waals surface area contributed by atoms with Gasteiger partial charge in [-0.15, -0.1) is 0 Å². The largest absolute Gasteiger partial charge is 0.481 e. The molecule has 1 aliphatic rings. The summed E-state index contributed by atoms with van der Waals surface area (Å²) in [4.78, 5) is 24.6. The monoisotopic (exact) mass is 275 g/mol. The molecule has 0 bridgehead atoms. The Morgan fingerprint density at radius 3 is 2.90 bits per heavy atom. The molecule has 0 saturated heterocycles. The van der Waals surface area contributed by atoms with E-state index in [1.807, 2.05) is 24.3 Å². The van der Waals surface area contributed by atoms with Crippen molar-refractivity contribution in [3.05, 3.63) is 48.0 Å². The van der Waals surface area contributed by atoms with Gasteiger partial charge in [-0.25, -0.2) is 4.79 Å². The highest BCUT2D eigenvalue weighted by molar-refractivity contribution is 5.73. The third-order valence-corrected chi connectivity index (χ3v) is 3.34. The molecule has 1 aliphatic heterocycles. The van der Waals surface area contributed by atoms with Gasteiger partial charge in [0.25, 0.3) is 0 Å². The Labute approximate surface area is 117 Å². The fourth-order valence-electron chi connectivity index (χ4n) is 2.47. The summed E-state index contributed by atoms with van der Waals surface area (Å²) in [5.41, 5.74) is 1.98. The van der Waals surface area contributed by atoms with Gasteiger partial charge < -0.3 is 14.7 Å². The number of carboxylic acid groups (broad SMARTS) is 1. The lowest BCUT2D eigenvalue weighted by Crippen LogP contribution is -2.41. The zero-order valence-electron chi connectivity index (χ0n) is 11.1. The van der Waals surface area contributed by atoms with Crippen molar-refractivity contribution in [2.24, 2.45) is 0 Å². The van der Waals surface area contributed by atoms with Gasteiger partial charge in [-0.05, 0) is 17.5 Å². The van der Waals surface area contributed by atoms with E-state index in [-0.39, 0.29) is 13.0 Å². The molecule has 0 unspecified atom stereocenters. The zero-order valence-corrected chi connectivity index (χ0v) is 11.1. The van der Waals surface area contributed by atoms with E-state index in [1.54, 1.807) is 0 Å².